The van der Waals surface area contributed by atoms with Crippen LogP contribution in [0.25, 0.3) is 0 Å². The average molecular weight is 303 g/mol. The highest BCUT2D eigenvalue weighted by molar-refractivity contribution is 5.50. The van der Waals surface area contributed by atoms with E-state index in [0.29, 0.717) is 0 Å². The van der Waals surface area contributed by atoms with E-state index in [1.807, 2.05) is 12.1 Å². The molecule has 0 aliphatic rings. The third-order valence-corrected chi connectivity index (χ3v) is 3.87. The topological polar surface area (TPSA) is 12.5 Å². The van der Waals surface area contributed by atoms with Crippen molar-refractivity contribution in [1.29, 1.82) is 0 Å². The number of benzene rings is 3. The molecule has 0 aliphatic heterocycles. The van der Waals surface area contributed by atoms with Gasteiger partial charge in [-0.3, -0.25) is 0 Å². The fourth-order valence-electron chi connectivity index (χ4n) is 2.64. The van der Waals surface area contributed by atoms with E-state index in [0.717, 1.165) is 18.8 Å². The maximum Gasteiger partial charge on any atom is 0.119 e. The van der Waals surface area contributed by atoms with Crippen LogP contribution in [-0.2, 0) is 13.1 Å². The predicted molar refractivity (Wildman–Crippen MR) is 95.8 cm³/mol. The number of anilines is 1. The molecule has 3 aromatic rings. The van der Waals surface area contributed by atoms with E-state index in [1.54, 1.807) is 7.11 Å². The molecule has 2 heteroatoms. The lowest BCUT2D eigenvalue weighted by molar-refractivity contribution is 0.415. The minimum atomic E-state index is 0.877. The molecule has 3 aromatic carbocycles. The van der Waals surface area contributed by atoms with E-state index in [4.69, 9.17) is 4.74 Å². The standard InChI is InChI=1S/C21H21NO/c1-23-21-14-12-20(13-15-21)22(16-18-8-4-2-5-9-18)17-19-10-6-3-7-11-19/h2-15H,16-17H2,1H3. The van der Waals surface area contributed by atoms with Gasteiger partial charge in [0.1, 0.15) is 5.75 Å². The molecule has 0 unspecified atom stereocenters. The molecule has 0 spiro atoms. The van der Waals surface area contributed by atoms with Crippen molar-refractivity contribution in [2.75, 3.05) is 12.0 Å². The van der Waals surface area contributed by atoms with Crippen molar-refractivity contribution in [2.24, 2.45) is 0 Å². The van der Waals surface area contributed by atoms with Crippen molar-refractivity contribution in [3.05, 3.63) is 96.1 Å². The summed E-state index contributed by atoms with van der Waals surface area (Å²) in [5.74, 6) is 0.883. The predicted octanol–water partition coefficient (Wildman–Crippen LogP) is 4.90. The second-order valence-corrected chi connectivity index (χ2v) is 5.53. The highest BCUT2D eigenvalue weighted by Gasteiger charge is 2.08. The fraction of sp³-hybridized carbons (Fsp3) is 0.143. The molecule has 0 fully saturated rings. The van der Waals surface area contributed by atoms with Crippen molar-refractivity contribution in [1.82, 2.24) is 0 Å². The zero-order valence-electron chi connectivity index (χ0n) is 13.4. The molecule has 0 amide bonds. The Balaban J connectivity index is 1.85. The molecule has 0 heterocycles. The normalized spacial score (nSPS) is 10.3. The van der Waals surface area contributed by atoms with Gasteiger partial charge >= 0.3 is 0 Å². The zero-order valence-corrected chi connectivity index (χ0v) is 13.4. The Labute approximate surface area is 138 Å². The van der Waals surface area contributed by atoms with Gasteiger partial charge < -0.3 is 9.64 Å². The molecule has 0 aliphatic carbocycles. The fourth-order valence-corrected chi connectivity index (χ4v) is 2.64. The molecule has 0 radical (unpaired) electrons. The quantitative estimate of drug-likeness (QED) is 0.642. The van der Waals surface area contributed by atoms with Gasteiger partial charge in [0.25, 0.3) is 0 Å². The van der Waals surface area contributed by atoms with Crippen LogP contribution in [0.4, 0.5) is 5.69 Å². The minimum absolute atomic E-state index is 0.877. The Kier molecular flexibility index (Phi) is 4.95. The van der Waals surface area contributed by atoms with E-state index in [1.165, 1.54) is 16.8 Å². The Hall–Kier alpha value is -2.74. The SMILES string of the molecule is COc1ccc(N(Cc2ccccc2)Cc2ccccc2)cc1. The maximum atomic E-state index is 5.27. The number of ether oxygens (including phenoxy) is 1. The molecule has 23 heavy (non-hydrogen) atoms. The van der Waals surface area contributed by atoms with Gasteiger partial charge in [-0.15, -0.1) is 0 Å². The van der Waals surface area contributed by atoms with Crippen molar-refractivity contribution >= 4 is 5.69 Å². The number of rotatable bonds is 6. The Morgan fingerprint density at radius 1 is 0.652 bits per heavy atom. The van der Waals surface area contributed by atoms with E-state index in [9.17, 15) is 0 Å². The van der Waals surface area contributed by atoms with Crippen molar-refractivity contribution < 1.29 is 4.74 Å². The lowest BCUT2D eigenvalue weighted by Crippen LogP contribution is -2.22. The molecule has 0 atom stereocenters. The number of hydrogen-bond acceptors (Lipinski definition) is 2. The minimum Gasteiger partial charge on any atom is -0.497 e. The average Bonchev–Trinajstić information content (AvgIpc) is 2.63. The summed E-state index contributed by atoms with van der Waals surface area (Å²) in [5, 5.41) is 0. The van der Waals surface area contributed by atoms with Gasteiger partial charge in [-0.1, -0.05) is 60.7 Å². The molecule has 0 bridgehead atoms. The summed E-state index contributed by atoms with van der Waals surface area (Å²) in [6.07, 6.45) is 0. The molecular weight excluding hydrogens is 282 g/mol. The lowest BCUT2D eigenvalue weighted by Gasteiger charge is -2.25. The molecule has 2 nitrogen and oxygen atoms in total. The zero-order chi connectivity index (χ0) is 15.9. The van der Waals surface area contributed by atoms with Gasteiger partial charge in [0.2, 0.25) is 0 Å². The van der Waals surface area contributed by atoms with Crippen LogP contribution in [0.5, 0.6) is 5.75 Å². The van der Waals surface area contributed by atoms with Gasteiger partial charge in [-0.2, -0.15) is 0 Å². The molecule has 3 rings (SSSR count). The van der Waals surface area contributed by atoms with Gasteiger partial charge in [0, 0.05) is 18.8 Å². The van der Waals surface area contributed by atoms with Crippen LogP contribution in [0.3, 0.4) is 0 Å². The monoisotopic (exact) mass is 303 g/mol. The smallest absolute Gasteiger partial charge is 0.119 e. The third-order valence-electron chi connectivity index (χ3n) is 3.87. The van der Waals surface area contributed by atoms with Crippen molar-refractivity contribution in [3.8, 4) is 5.75 Å². The Morgan fingerprint density at radius 2 is 1.13 bits per heavy atom. The highest BCUT2D eigenvalue weighted by atomic mass is 16.5. The van der Waals surface area contributed by atoms with Gasteiger partial charge in [-0.25, -0.2) is 0 Å². The van der Waals surface area contributed by atoms with Crippen LogP contribution in [0, 0.1) is 0 Å². The van der Waals surface area contributed by atoms with Crippen LogP contribution < -0.4 is 9.64 Å². The Bertz CT molecular complexity index is 666. The van der Waals surface area contributed by atoms with Gasteiger partial charge in [0.05, 0.1) is 7.11 Å². The molecule has 116 valence electrons. The third kappa shape index (κ3) is 4.13. The summed E-state index contributed by atoms with van der Waals surface area (Å²) < 4.78 is 5.27. The first kappa shape index (κ1) is 15.2. The summed E-state index contributed by atoms with van der Waals surface area (Å²) in [6.45, 7) is 1.75. The van der Waals surface area contributed by atoms with Gasteiger partial charge in [0.15, 0.2) is 0 Å². The van der Waals surface area contributed by atoms with E-state index >= 15 is 0 Å². The molecule has 0 aromatic heterocycles. The second kappa shape index (κ2) is 7.50. The second-order valence-electron chi connectivity index (χ2n) is 5.53. The lowest BCUT2D eigenvalue weighted by atomic mass is 10.1. The number of nitrogens with zero attached hydrogens (tertiary/aromatic N) is 1. The van der Waals surface area contributed by atoms with Crippen LogP contribution in [0.2, 0.25) is 0 Å². The van der Waals surface area contributed by atoms with E-state index in [-0.39, 0.29) is 0 Å². The molecular formula is C21H21NO. The van der Waals surface area contributed by atoms with Crippen LogP contribution >= 0.6 is 0 Å². The van der Waals surface area contributed by atoms with Crippen LogP contribution in [-0.4, -0.2) is 7.11 Å². The van der Waals surface area contributed by atoms with Crippen LogP contribution in [0.15, 0.2) is 84.9 Å². The molecule has 0 saturated carbocycles. The molecule has 0 saturated heterocycles. The van der Waals surface area contributed by atoms with Crippen molar-refractivity contribution in [3.63, 3.8) is 0 Å². The van der Waals surface area contributed by atoms with Crippen molar-refractivity contribution in [2.45, 2.75) is 13.1 Å². The molecule has 0 N–H and O–H groups in total. The number of methoxy groups -OCH3 is 1. The highest BCUT2D eigenvalue weighted by Crippen LogP contribution is 2.23. The first-order valence-corrected chi connectivity index (χ1v) is 7.82. The number of hydrogen-bond donors (Lipinski definition) is 0. The summed E-state index contributed by atoms with van der Waals surface area (Å²) in [6, 6.07) is 29.4. The summed E-state index contributed by atoms with van der Waals surface area (Å²) in [4.78, 5) is 2.38. The first-order valence-electron chi connectivity index (χ1n) is 7.82. The van der Waals surface area contributed by atoms with E-state index < -0.39 is 0 Å². The summed E-state index contributed by atoms with van der Waals surface area (Å²) in [5.41, 5.74) is 3.80. The van der Waals surface area contributed by atoms with Crippen LogP contribution in [0.1, 0.15) is 11.1 Å². The van der Waals surface area contributed by atoms with Gasteiger partial charge in [-0.05, 0) is 35.4 Å². The maximum absolute atomic E-state index is 5.27. The summed E-state index contributed by atoms with van der Waals surface area (Å²) >= 11 is 0. The first-order chi connectivity index (χ1) is 11.3. The summed E-state index contributed by atoms with van der Waals surface area (Å²) in [7, 11) is 1.70. The van der Waals surface area contributed by atoms with E-state index in [2.05, 4.69) is 77.7 Å². The largest absolute Gasteiger partial charge is 0.497 e. The Morgan fingerprint density at radius 3 is 1.57 bits per heavy atom.